The van der Waals surface area contributed by atoms with Gasteiger partial charge in [0.25, 0.3) is 0 Å². The molecule has 0 aliphatic rings. The van der Waals surface area contributed by atoms with Crippen LogP contribution in [0.25, 0.3) is 0 Å². The summed E-state index contributed by atoms with van der Waals surface area (Å²) in [5.41, 5.74) is 0.919. The fraction of sp³-hybridized carbons (Fsp3) is 0.538. The number of hydrogen-bond donors (Lipinski definition) is 2. The van der Waals surface area contributed by atoms with Crippen LogP contribution in [0.5, 0.6) is 0 Å². The molecular weight excluding hydrogens is 207 g/mol. The Labute approximate surface area is 95.7 Å². The zero-order valence-corrected chi connectivity index (χ0v) is 9.40. The molecule has 0 amide bonds. The van der Waals surface area contributed by atoms with Gasteiger partial charge in [-0.1, -0.05) is 18.6 Å². The highest BCUT2D eigenvalue weighted by Gasteiger charge is 2.08. The molecule has 2 nitrogen and oxygen atoms in total. The lowest BCUT2D eigenvalue weighted by molar-refractivity contribution is 0.209. The van der Waals surface area contributed by atoms with Crippen LogP contribution >= 0.6 is 0 Å². The standard InChI is InChI=1S/C13H19FO2/c14-13-6-3-5-11(9-13)8-12(10-16)4-1-2-7-15/h3,5-6,9,12,15-16H,1-2,4,7-8,10H2/t12-/m0/s1. The van der Waals surface area contributed by atoms with E-state index in [0.29, 0.717) is 6.42 Å². The van der Waals surface area contributed by atoms with E-state index in [9.17, 15) is 9.50 Å². The van der Waals surface area contributed by atoms with E-state index in [1.807, 2.05) is 6.07 Å². The van der Waals surface area contributed by atoms with Gasteiger partial charge >= 0.3 is 0 Å². The van der Waals surface area contributed by atoms with Gasteiger partial charge in [0.05, 0.1) is 0 Å². The third-order valence-electron chi connectivity index (χ3n) is 2.69. The highest BCUT2D eigenvalue weighted by atomic mass is 19.1. The maximum Gasteiger partial charge on any atom is 0.123 e. The number of aliphatic hydroxyl groups is 2. The molecule has 1 aromatic rings. The molecule has 0 spiro atoms. The number of unbranched alkanes of at least 4 members (excludes halogenated alkanes) is 1. The van der Waals surface area contributed by atoms with Crippen LogP contribution in [0.1, 0.15) is 24.8 Å². The van der Waals surface area contributed by atoms with Crippen molar-refractivity contribution in [2.45, 2.75) is 25.7 Å². The topological polar surface area (TPSA) is 40.5 Å². The lowest BCUT2D eigenvalue weighted by atomic mass is 9.95. The quantitative estimate of drug-likeness (QED) is 0.699. The van der Waals surface area contributed by atoms with Crippen molar-refractivity contribution in [2.75, 3.05) is 13.2 Å². The van der Waals surface area contributed by atoms with Gasteiger partial charge in [-0.3, -0.25) is 0 Å². The number of halogens is 1. The minimum atomic E-state index is -0.232. The largest absolute Gasteiger partial charge is 0.396 e. The van der Waals surface area contributed by atoms with Crippen molar-refractivity contribution in [3.8, 4) is 0 Å². The highest BCUT2D eigenvalue weighted by Crippen LogP contribution is 2.15. The minimum Gasteiger partial charge on any atom is -0.396 e. The molecule has 0 unspecified atom stereocenters. The van der Waals surface area contributed by atoms with E-state index in [-0.39, 0.29) is 24.9 Å². The maximum atomic E-state index is 12.9. The van der Waals surface area contributed by atoms with Crippen molar-refractivity contribution in [3.05, 3.63) is 35.6 Å². The summed E-state index contributed by atoms with van der Waals surface area (Å²) in [5.74, 6) is -0.0714. The molecule has 0 bridgehead atoms. The average Bonchev–Trinajstić information content (AvgIpc) is 2.28. The Morgan fingerprint density at radius 2 is 2.00 bits per heavy atom. The second kappa shape index (κ2) is 7.36. The first-order valence-electron chi connectivity index (χ1n) is 5.72. The van der Waals surface area contributed by atoms with Crippen molar-refractivity contribution in [1.29, 1.82) is 0 Å². The Balaban J connectivity index is 2.43. The van der Waals surface area contributed by atoms with Crippen LogP contribution in [-0.4, -0.2) is 23.4 Å². The predicted molar refractivity (Wildman–Crippen MR) is 61.6 cm³/mol. The molecule has 1 rings (SSSR count). The third kappa shape index (κ3) is 4.73. The summed E-state index contributed by atoms with van der Waals surface area (Å²) in [5, 5.41) is 17.9. The highest BCUT2D eigenvalue weighted by molar-refractivity contribution is 5.16. The summed E-state index contributed by atoms with van der Waals surface area (Å²) in [4.78, 5) is 0. The van der Waals surface area contributed by atoms with E-state index in [1.165, 1.54) is 12.1 Å². The SMILES string of the molecule is OCCCC[C@H](CO)Cc1cccc(F)c1. The summed E-state index contributed by atoms with van der Waals surface area (Å²) in [6.45, 7) is 0.306. The van der Waals surface area contributed by atoms with Gasteiger partial charge in [0, 0.05) is 13.2 Å². The van der Waals surface area contributed by atoms with Crippen LogP contribution in [0.3, 0.4) is 0 Å². The van der Waals surface area contributed by atoms with Crippen molar-refractivity contribution in [1.82, 2.24) is 0 Å². The maximum absolute atomic E-state index is 12.9. The second-order valence-electron chi connectivity index (χ2n) is 4.10. The minimum absolute atomic E-state index is 0.113. The molecule has 0 aliphatic heterocycles. The van der Waals surface area contributed by atoms with Gasteiger partial charge in [0.1, 0.15) is 5.82 Å². The average molecular weight is 226 g/mol. The first-order chi connectivity index (χ1) is 7.76. The molecule has 2 N–H and O–H groups in total. The lowest BCUT2D eigenvalue weighted by Gasteiger charge is -2.13. The van der Waals surface area contributed by atoms with Crippen LogP contribution in [0.15, 0.2) is 24.3 Å². The molecule has 0 aliphatic carbocycles. The van der Waals surface area contributed by atoms with Crippen molar-refractivity contribution < 1.29 is 14.6 Å². The molecule has 3 heteroatoms. The summed E-state index contributed by atoms with van der Waals surface area (Å²) in [7, 11) is 0. The van der Waals surface area contributed by atoms with E-state index >= 15 is 0 Å². The zero-order chi connectivity index (χ0) is 11.8. The summed E-state index contributed by atoms with van der Waals surface area (Å²) in [6.07, 6.45) is 3.23. The summed E-state index contributed by atoms with van der Waals surface area (Å²) in [6, 6.07) is 6.49. The van der Waals surface area contributed by atoms with Gasteiger partial charge in [-0.05, 0) is 42.9 Å². The predicted octanol–water partition coefficient (Wildman–Crippen LogP) is 2.14. The van der Waals surface area contributed by atoms with Crippen LogP contribution in [0.2, 0.25) is 0 Å². The molecule has 0 aromatic heterocycles. The molecule has 1 aromatic carbocycles. The van der Waals surface area contributed by atoms with Gasteiger partial charge in [-0.25, -0.2) is 4.39 Å². The number of benzene rings is 1. The Kier molecular flexibility index (Phi) is 6.04. The van der Waals surface area contributed by atoms with Gasteiger partial charge in [-0.2, -0.15) is 0 Å². The van der Waals surface area contributed by atoms with Gasteiger partial charge in [-0.15, -0.1) is 0 Å². The molecule has 16 heavy (non-hydrogen) atoms. The number of rotatable bonds is 7. The number of hydrogen-bond acceptors (Lipinski definition) is 2. The zero-order valence-electron chi connectivity index (χ0n) is 9.40. The summed E-state index contributed by atoms with van der Waals surface area (Å²) >= 11 is 0. The van der Waals surface area contributed by atoms with Gasteiger partial charge < -0.3 is 10.2 Å². The Bertz CT molecular complexity index is 302. The van der Waals surface area contributed by atoms with Crippen LogP contribution in [-0.2, 0) is 6.42 Å². The second-order valence-corrected chi connectivity index (χ2v) is 4.10. The van der Waals surface area contributed by atoms with Crippen LogP contribution in [0.4, 0.5) is 4.39 Å². The normalized spacial score (nSPS) is 12.7. The monoisotopic (exact) mass is 226 g/mol. The molecule has 1 atom stereocenters. The molecule has 0 radical (unpaired) electrons. The first kappa shape index (κ1) is 13.1. The van der Waals surface area contributed by atoms with Crippen molar-refractivity contribution in [2.24, 2.45) is 5.92 Å². The molecule has 0 saturated heterocycles. The van der Waals surface area contributed by atoms with Gasteiger partial charge in [0.15, 0.2) is 0 Å². The van der Waals surface area contributed by atoms with Gasteiger partial charge in [0.2, 0.25) is 0 Å². The molecule has 0 fully saturated rings. The molecule has 90 valence electrons. The molecular formula is C13H19FO2. The Hall–Kier alpha value is -0.930. The molecule has 0 heterocycles. The number of aliphatic hydroxyl groups excluding tert-OH is 2. The van der Waals surface area contributed by atoms with E-state index < -0.39 is 0 Å². The van der Waals surface area contributed by atoms with Crippen molar-refractivity contribution in [3.63, 3.8) is 0 Å². The lowest BCUT2D eigenvalue weighted by Crippen LogP contribution is -2.10. The van der Waals surface area contributed by atoms with E-state index in [4.69, 9.17) is 5.11 Å². The Morgan fingerprint density at radius 3 is 2.62 bits per heavy atom. The molecule has 0 saturated carbocycles. The van der Waals surface area contributed by atoms with Crippen LogP contribution < -0.4 is 0 Å². The Morgan fingerprint density at radius 1 is 1.19 bits per heavy atom. The smallest absolute Gasteiger partial charge is 0.123 e. The summed E-state index contributed by atoms with van der Waals surface area (Å²) < 4.78 is 12.9. The van der Waals surface area contributed by atoms with Crippen LogP contribution in [0, 0.1) is 11.7 Å². The fourth-order valence-corrected chi connectivity index (χ4v) is 1.80. The fourth-order valence-electron chi connectivity index (χ4n) is 1.80. The van der Waals surface area contributed by atoms with E-state index in [2.05, 4.69) is 0 Å². The van der Waals surface area contributed by atoms with E-state index in [0.717, 1.165) is 24.8 Å². The first-order valence-corrected chi connectivity index (χ1v) is 5.72. The van der Waals surface area contributed by atoms with E-state index in [1.54, 1.807) is 6.07 Å². The third-order valence-corrected chi connectivity index (χ3v) is 2.69. The van der Waals surface area contributed by atoms with Crippen molar-refractivity contribution >= 4 is 0 Å².